The predicted molar refractivity (Wildman–Crippen MR) is 94.6 cm³/mol. The number of hydrogen-bond donors (Lipinski definition) is 3. The van der Waals surface area contributed by atoms with Crippen molar-refractivity contribution in [1.29, 1.82) is 0 Å². The van der Waals surface area contributed by atoms with E-state index in [0.717, 1.165) is 18.5 Å². The molecule has 0 aliphatic heterocycles. The van der Waals surface area contributed by atoms with E-state index in [4.69, 9.17) is 5.73 Å². The highest BCUT2D eigenvalue weighted by molar-refractivity contribution is 5.93. The third-order valence-electron chi connectivity index (χ3n) is 4.36. The molecule has 24 heavy (non-hydrogen) atoms. The van der Waals surface area contributed by atoms with Gasteiger partial charge in [-0.1, -0.05) is 30.3 Å². The summed E-state index contributed by atoms with van der Waals surface area (Å²) in [7, 11) is 0. The molecule has 1 unspecified atom stereocenters. The molecule has 3 rings (SSSR count). The van der Waals surface area contributed by atoms with E-state index < -0.39 is 11.9 Å². The summed E-state index contributed by atoms with van der Waals surface area (Å²) >= 11 is 0. The fourth-order valence-electron chi connectivity index (χ4n) is 3.10. The van der Waals surface area contributed by atoms with Crippen LogP contribution < -0.4 is 11.1 Å². The quantitative estimate of drug-likeness (QED) is 0.597. The van der Waals surface area contributed by atoms with Crippen molar-refractivity contribution in [3.63, 3.8) is 0 Å². The lowest BCUT2D eigenvalue weighted by Gasteiger charge is -2.20. The molecule has 0 amide bonds. The lowest BCUT2D eigenvalue weighted by atomic mass is 9.90. The lowest BCUT2D eigenvalue weighted by molar-refractivity contribution is 0.182. The van der Waals surface area contributed by atoms with Crippen molar-refractivity contribution < 1.29 is 9.50 Å². The summed E-state index contributed by atoms with van der Waals surface area (Å²) in [4.78, 5) is 4.15. The van der Waals surface area contributed by atoms with Crippen LogP contribution in [-0.4, -0.2) is 17.6 Å². The first-order valence-corrected chi connectivity index (χ1v) is 8.25. The number of halogens is 1. The summed E-state index contributed by atoms with van der Waals surface area (Å²) in [6.45, 7) is 0.00872. The molecule has 1 aliphatic carbocycles. The van der Waals surface area contributed by atoms with E-state index in [9.17, 15) is 9.50 Å². The average molecular weight is 327 g/mol. The molecular weight excluding hydrogens is 305 g/mol. The number of aliphatic hydroxyl groups excluding tert-OH is 1. The highest BCUT2D eigenvalue weighted by atomic mass is 19.1. The van der Waals surface area contributed by atoms with Gasteiger partial charge in [-0.15, -0.1) is 0 Å². The van der Waals surface area contributed by atoms with Crippen molar-refractivity contribution in [2.45, 2.75) is 31.8 Å². The van der Waals surface area contributed by atoms with Crippen molar-refractivity contribution >= 4 is 11.6 Å². The third-order valence-corrected chi connectivity index (χ3v) is 4.36. The van der Waals surface area contributed by atoms with Crippen molar-refractivity contribution in [3.05, 3.63) is 65.0 Å². The molecule has 0 spiro atoms. The van der Waals surface area contributed by atoms with E-state index in [-0.39, 0.29) is 18.1 Å². The minimum Gasteiger partial charge on any atom is -0.386 e. The number of aliphatic imine (C=N–C) groups is 1. The molecule has 4 nitrogen and oxygen atoms in total. The number of nitrogens with two attached hydrogens (primary N) is 1. The number of aliphatic hydroxyl groups is 1. The zero-order chi connectivity index (χ0) is 16.9. The largest absolute Gasteiger partial charge is 0.386 e. The Labute approximate surface area is 141 Å². The van der Waals surface area contributed by atoms with E-state index in [1.165, 1.54) is 30.0 Å². The Balaban J connectivity index is 1.68. The normalized spacial score (nSPS) is 15.7. The van der Waals surface area contributed by atoms with Crippen LogP contribution in [0.25, 0.3) is 0 Å². The Morgan fingerprint density at radius 1 is 1.17 bits per heavy atom. The van der Waals surface area contributed by atoms with Gasteiger partial charge in [-0.2, -0.15) is 0 Å². The van der Waals surface area contributed by atoms with Crippen LogP contribution in [0.1, 0.15) is 35.6 Å². The number of hydrogen-bond acceptors (Lipinski definition) is 2. The summed E-state index contributed by atoms with van der Waals surface area (Å²) in [6.07, 6.45) is 3.50. The standard InChI is InChI=1S/C19H22FN3O/c20-16-10-4-3-9-15(16)18(24)12-22-19(21)23-17-11-5-7-13-6-1-2-8-14(13)17/h3-5,7,9-11,18,24H,1-2,6,8,12H2,(H3,21,22,23). The van der Waals surface area contributed by atoms with Gasteiger partial charge < -0.3 is 16.2 Å². The molecule has 0 saturated carbocycles. The topological polar surface area (TPSA) is 70.6 Å². The molecule has 0 fully saturated rings. The lowest BCUT2D eigenvalue weighted by Crippen LogP contribution is -2.25. The smallest absolute Gasteiger partial charge is 0.193 e. The Morgan fingerprint density at radius 3 is 2.79 bits per heavy atom. The molecule has 4 N–H and O–H groups in total. The van der Waals surface area contributed by atoms with Gasteiger partial charge in [-0.3, -0.25) is 4.99 Å². The van der Waals surface area contributed by atoms with E-state index in [0.29, 0.717) is 0 Å². The van der Waals surface area contributed by atoms with Crippen molar-refractivity contribution in [2.75, 3.05) is 11.9 Å². The zero-order valence-corrected chi connectivity index (χ0v) is 13.5. The van der Waals surface area contributed by atoms with Gasteiger partial charge in [0.15, 0.2) is 5.96 Å². The van der Waals surface area contributed by atoms with Crippen LogP contribution in [0.2, 0.25) is 0 Å². The van der Waals surface area contributed by atoms with E-state index in [2.05, 4.69) is 16.4 Å². The molecule has 1 aliphatic rings. The second-order valence-corrected chi connectivity index (χ2v) is 6.04. The Hall–Kier alpha value is -2.40. The van der Waals surface area contributed by atoms with Gasteiger partial charge in [0.05, 0.1) is 6.54 Å². The third kappa shape index (κ3) is 3.74. The monoisotopic (exact) mass is 327 g/mol. The first kappa shape index (κ1) is 16.5. The molecule has 0 radical (unpaired) electrons. The molecule has 2 aromatic carbocycles. The summed E-state index contributed by atoms with van der Waals surface area (Å²) in [6, 6.07) is 12.3. The van der Waals surface area contributed by atoms with Crippen LogP contribution in [0.5, 0.6) is 0 Å². The van der Waals surface area contributed by atoms with Crippen LogP contribution >= 0.6 is 0 Å². The summed E-state index contributed by atoms with van der Waals surface area (Å²) in [5.41, 5.74) is 9.77. The van der Waals surface area contributed by atoms with E-state index in [1.807, 2.05) is 12.1 Å². The number of anilines is 1. The van der Waals surface area contributed by atoms with Crippen LogP contribution in [0.15, 0.2) is 47.5 Å². The highest BCUT2D eigenvalue weighted by Gasteiger charge is 2.14. The van der Waals surface area contributed by atoms with Crippen LogP contribution in [-0.2, 0) is 12.8 Å². The first-order valence-electron chi connectivity index (χ1n) is 8.25. The molecule has 2 aromatic rings. The first-order chi connectivity index (χ1) is 11.6. The molecule has 1 atom stereocenters. The minimum atomic E-state index is -1.02. The van der Waals surface area contributed by atoms with Gasteiger partial charge >= 0.3 is 0 Å². The molecule has 126 valence electrons. The molecule has 5 heteroatoms. The molecular formula is C19H22FN3O. The fourth-order valence-corrected chi connectivity index (χ4v) is 3.10. The number of nitrogens with one attached hydrogen (secondary N) is 1. The van der Waals surface area contributed by atoms with Gasteiger partial charge in [-0.05, 0) is 48.9 Å². The van der Waals surface area contributed by atoms with E-state index >= 15 is 0 Å². The number of nitrogens with zero attached hydrogens (tertiary/aromatic N) is 1. The maximum absolute atomic E-state index is 13.6. The SMILES string of the molecule is NC(=NCC(O)c1ccccc1F)Nc1cccc2c1CCCC2. The maximum atomic E-state index is 13.6. The summed E-state index contributed by atoms with van der Waals surface area (Å²) in [5.74, 6) is -0.215. The van der Waals surface area contributed by atoms with Crippen molar-refractivity contribution in [1.82, 2.24) is 0 Å². The number of benzene rings is 2. The Bertz CT molecular complexity index is 745. The summed E-state index contributed by atoms with van der Waals surface area (Å²) in [5, 5.41) is 13.2. The second kappa shape index (κ2) is 7.45. The minimum absolute atomic E-state index is 0.00872. The number of fused-ring (bicyclic) bond motifs is 1. The van der Waals surface area contributed by atoms with Gasteiger partial charge in [0.25, 0.3) is 0 Å². The van der Waals surface area contributed by atoms with Gasteiger partial charge in [0.1, 0.15) is 11.9 Å². The van der Waals surface area contributed by atoms with Crippen molar-refractivity contribution in [2.24, 2.45) is 10.7 Å². The molecule has 0 heterocycles. The molecule has 0 bridgehead atoms. The second-order valence-electron chi connectivity index (χ2n) is 6.04. The summed E-state index contributed by atoms with van der Waals surface area (Å²) < 4.78 is 13.6. The maximum Gasteiger partial charge on any atom is 0.193 e. The number of rotatable bonds is 4. The van der Waals surface area contributed by atoms with Crippen LogP contribution in [0, 0.1) is 5.82 Å². The average Bonchev–Trinajstić information content (AvgIpc) is 2.60. The van der Waals surface area contributed by atoms with Gasteiger partial charge in [0, 0.05) is 11.3 Å². The molecule has 0 saturated heterocycles. The van der Waals surface area contributed by atoms with Crippen LogP contribution in [0.4, 0.5) is 10.1 Å². The number of guanidine groups is 1. The van der Waals surface area contributed by atoms with Gasteiger partial charge in [0.2, 0.25) is 0 Å². The predicted octanol–water partition coefficient (Wildman–Crippen LogP) is 3.16. The Morgan fingerprint density at radius 2 is 1.96 bits per heavy atom. The zero-order valence-electron chi connectivity index (χ0n) is 13.5. The molecule has 0 aromatic heterocycles. The Kier molecular flexibility index (Phi) is 5.11. The van der Waals surface area contributed by atoms with E-state index in [1.54, 1.807) is 18.2 Å². The number of aryl methyl sites for hydroxylation is 1. The van der Waals surface area contributed by atoms with Crippen molar-refractivity contribution in [3.8, 4) is 0 Å². The highest BCUT2D eigenvalue weighted by Crippen LogP contribution is 2.27. The van der Waals surface area contributed by atoms with Crippen LogP contribution in [0.3, 0.4) is 0 Å². The van der Waals surface area contributed by atoms with Gasteiger partial charge in [-0.25, -0.2) is 4.39 Å². The fraction of sp³-hybridized carbons (Fsp3) is 0.316.